The van der Waals surface area contributed by atoms with Crippen molar-refractivity contribution in [2.45, 2.75) is 50.2 Å². The number of amides is 1. The lowest BCUT2D eigenvalue weighted by atomic mass is 9.96. The Morgan fingerprint density at radius 1 is 1.04 bits per heavy atom. The summed E-state index contributed by atoms with van der Waals surface area (Å²) in [6.45, 7) is 0.256. The maximum Gasteiger partial charge on any atom is 0.231 e. The minimum atomic E-state index is 0.207. The predicted octanol–water partition coefficient (Wildman–Crippen LogP) is 1.94. The van der Waals surface area contributed by atoms with E-state index in [0.717, 1.165) is 42.7 Å². The molecular weight excluding hydrogens is 320 g/mol. The van der Waals surface area contributed by atoms with Gasteiger partial charge in [-0.2, -0.15) is 15.0 Å². The smallest absolute Gasteiger partial charge is 0.231 e. The summed E-state index contributed by atoms with van der Waals surface area (Å²) in [5.41, 5.74) is 0.976. The molecule has 130 valence electrons. The molecule has 25 heavy (non-hydrogen) atoms. The van der Waals surface area contributed by atoms with Crippen molar-refractivity contribution in [3.05, 3.63) is 36.2 Å². The minimum absolute atomic E-state index is 0.207. The third-order valence-corrected chi connectivity index (χ3v) is 5.55. The van der Waals surface area contributed by atoms with E-state index < -0.39 is 0 Å². The molecule has 0 N–H and O–H groups in total. The Balaban J connectivity index is 1.30. The maximum absolute atomic E-state index is 12.9. The first kappa shape index (κ1) is 14.7. The van der Waals surface area contributed by atoms with E-state index in [-0.39, 0.29) is 12.7 Å². The molecule has 1 aromatic heterocycles. The number of carbonyl (C=O) groups is 1. The van der Waals surface area contributed by atoms with Gasteiger partial charge in [-0.1, -0.05) is 6.07 Å². The van der Waals surface area contributed by atoms with Gasteiger partial charge >= 0.3 is 0 Å². The average Bonchev–Trinajstić information content (AvgIpc) is 3.34. The van der Waals surface area contributed by atoms with Crippen molar-refractivity contribution in [1.29, 1.82) is 0 Å². The summed E-state index contributed by atoms with van der Waals surface area (Å²) in [5, 5.41) is 8.57. The zero-order chi connectivity index (χ0) is 16.8. The number of piperidine rings is 1. The molecule has 2 aromatic rings. The first-order valence-corrected chi connectivity index (χ1v) is 8.83. The summed E-state index contributed by atoms with van der Waals surface area (Å²) in [5.74, 6) is 1.69. The highest BCUT2D eigenvalue weighted by Crippen LogP contribution is 2.41. The van der Waals surface area contributed by atoms with Gasteiger partial charge < -0.3 is 14.4 Å². The Morgan fingerprint density at radius 2 is 1.76 bits per heavy atom. The fourth-order valence-electron chi connectivity index (χ4n) is 4.48. The lowest BCUT2D eigenvalue weighted by Gasteiger charge is -2.38. The van der Waals surface area contributed by atoms with Gasteiger partial charge in [0.2, 0.25) is 12.7 Å². The zero-order valence-electron chi connectivity index (χ0n) is 13.9. The van der Waals surface area contributed by atoms with E-state index in [1.165, 1.54) is 0 Å². The lowest BCUT2D eigenvalue weighted by Crippen LogP contribution is -2.47. The monoisotopic (exact) mass is 340 g/mol. The van der Waals surface area contributed by atoms with Crippen molar-refractivity contribution in [3.63, 3.8) is 0 Å². The molecule has 0 radical (unpaired) electrons. The Bertz CT molecular complexity index is 778. The number of hydrogen-bond donors (Lipinski definition) is 0. The molecule has 0 spiro atoms. The van der Waals surface area contributed by atoms with Gasteiger partial charge in [0.25, 0.3) is 0 Å². The second-order valence-electron chi connectivity index (χ2n) is 7.03. The van der Waals surface area contributed by atoms with Crippen LogP contribution >= 0.6 is 0 Å². The van der Waals surface area contributed by atoms with E-state index in [4.69, 9.17) is 9.47 Å². The topological polar surface area (TPSA) is 69.5 Å². The molecule has 3 aliphatic heterocycles. The van der Waals surface area contributed by atoms with Gasteiger partial charge in [-0.05, 0) is 43.4 Å². The number of rotatable bonds is 3. The summed E-state index contributed by atoms with van der Waals surface area (Å²) in [7, 11) is 0. The molecule has 5 rings (SSSR count). The van der Waals surface area contributed by atoms with Gasteiger partial charge in [0.1, 0.15) is 0 Å². The number of benzene rings is 1. The highest BCUT2D eigenvalue weighted by molar-refractivity contribution is 5.80. The first-order valence-electron chi connectivity index (χ1n) is 8.83. The third kappa shape index (κ3) is 2.54. The SMILES string of the molecule is O=C(Cc1ccc2c(c1)OCO2)N1C2CCC1CC(n1nccn1)C2. The van der Waals surface area contributed by atoms with Crippen molar-refractivity contribution in [2.75, 3.05) is 6.79 Å². The van der Waals surface area contributed by atoms with Crippen LogP contribution in [-0.2, 0) is 11.2 Å². The Morgan fingerprint density at radius 3 is 2.52 bits per heavy atom. The van der Waals surface area contributed by atoms with Crippen LogP contribution in [0.5, 0.6) is 11.5 Å². The Hall–Kier alpha value is -2.57. The van der Waals surface area contributed by atoms with Crippen LogP contribution in [-0.4, -0.2) is 44.7 Å². The van der Waals surface area contributed by atoms with Crippen LogP contribution in [0.3, 0.4) is 0 Å². The number of aromatic nitrogens is 3. The first-order chi connectivity index (χ1) is 12.3. The standard InChI is InChI=1S/C18H20N4O3/c23-18(8-12-1-4-16-17(7-12)25-11-24-16)21-13-2-3-14(21)10-15(9-13)22-19-5-6-20-22/h1,4-7,13-15H,2-3,8-11H2. The molecule has 7 nitrogen and oxygen atoms in total. The van der Waals surface area contributed by atoms with Gasteiger partial charge in [0.05, 0.1) is 24.9 Å². The molecule has 2 unspecified atom stereocenters. The van der Waals surface area contributed by atoms with Crippen LogP contribution in [0.4, 0.5) is 0 Å². The second kappa shape index (κ2) is 5.75. The summed E-state index contributed by atoms with van der Waals surface area (Å²) in [6.07, 6.45) is 7.90. The fraction of sp³-hybridized carbons (Fsp3) is 0.500. The van der Waals surface area contributed by atoms with Crippen LogP contribution in [0, 0.1) is 0 Å². The van der Waals surface area contributed by atoms with Crippen LogP contribution in [0.2, 0.25) is 0 Å². The van der Waals surface area contributed by atoms with Crippen molar-refractivity contribution in [1.82, 2.24) is 19.9 Å². The summed E-state index contributed by atoms with van der Waals surface area (Å²) >= 11 is 0. The number of ether oxygens (including phenoxy) is 2. The van der Waals surface area contributed by atoms with Crippen molar-refractivity contribution >= 4 is 5.91 Å². The minimum Gasteiger partial charge on any atom is -0.454 e. The van der Waals surface area contributed by atoms with Crippen LogP contribution in [0.15, 0.2) is 30.6 Å². The molecule has 2 bridgehead atoms. The fourth-order valence-corrected chi connectivity index (χ4v) is 4.48. The van der Waals surface area contributed by atoms with E-state index in [0.29, 0.717) is 24.5 Å². The van der Waals surface area contributed by atoms with Crippen molar-refractivity contribution < 1.29 is 14.3 Å². The van der Waals surface area contributed by atoms with Gasteiger partial charge in [0, 0.05) is 12.1 Å². The predicted molar refractivity (Wildman–Crippen MR) is 88.2 cm³/mol. The van der Waals surface area contributed by atoms with E-state index in [1.807, 2.05) is 23.0 Å². The van der Waals surface area contributed by atoms with E-state index in [9.17, 15) is 4.79 Å². The molecule has 7 heteroatoms. The second-order valence-corrected chi connectivity index (χ2v) is 7.03. The summed E-state index contributed by atoms with van der Waals surface area (Å²) in [6, 6.07) is 6.67. The number of fused-ring (bicyclic) bond motifs is 3. The number of hydrogen-bond acceptors (Lipinski definition) is 5. The van der Waals surface area contributed by atoms with Gasteiger partial charge in [-0.15, -0.1) is 0 Å². The van der Waals surface area contributed by atoms with Crippen LogP contribution < -0.4 is 9.47 Å². The van der Waals surface area contributed by atoms with Gasteiger partial charge in [-0.3, -0.25) is 4.79 Å². The maximum atomic E-state index is 12.9. The Kier molecular flexibility index (Phi) is 3.39. The van der Waals surface area contributed by atoms with Gasteiger partial charge in [-0.25, -0.2) is 0 Å². The van der Waals surface area contributed by atoms with E-state index in [1.54, 1.807) is 12.4 Å². The van der Waals surface area contributed by atoms with Crippen molar-refractivity contribution in [3.8, 4) is 11.5 Å². The third-order valence-electron chi connectivity index (χ3n) is 5.55. The van der Waals surface area contributed by atoms with Crippen LogP contribution in [0.1, 0.15) is 37.3 Å². The van der Waals surface area contributed by atoms with E-state index in [2.05, 4.69) is 15.1 Å². The zero-order valence-corrected chi connectivity index (χ0v) is 13.9. The molecule has 1 aromatic carbocycles. The molecule has 0 saturated carbocycles. The lowest BCUT2D eigenvalue weighted by molar-refractivity contribution is -0.135. The number of carbonyl (C=O) groups excluding carboxylic acids is 1. The molecular formula is C18H20N4O3. The highest BCUT2D eigenvalue weighted by Gasteiger charge is 2.44. The van der Waals surface area contributed by atoms with Crippen molar-refractivity contribution in [2.24, 2.45) is 0 Å². The largest absolute Gasteiger partial charge is 0.454 e. The van der Waals surface area contributed by atoms with Gasteiger partial charge in [0.15, 0.2) is 11.5 Å². The summed E-state index contributed by atoms with van der Waals surface area (Å²) in [4.78, 5) is 16.9. The number of nitrogens with zero attached hydrogens (tertiary/aromatic N) is 4. The molecule has 1 amide bonds. The highest BCUT2D eigenvalue weighted by atomic mass is 16.7. The summed E-state index contributed by atoms with van der Waals surface area (Å²) < 4.78 is 10.7. The quantitative estimate of drug-likeness (QED) is 0.854. The molecule has 0 aliphatic carbocycles. The average molecular weight is 340 g/mol. The molecule has 2 fully saturated rings. The van der Waals surface area contributed by atoms with Crippen LogP contribution in [0.25, 0.3) is 0 Å². The molecule has 4 heterocycles. The van der Waals surface area contributed by atoms with E-state index >= 15 is 0 Å². The normalized spacial score (nSPS) is 26.9. The molecule has 3 aliphatic rings. The molecule has 2 saturated heterocycles. The molecule has 2 atom stereocenters. The Labute approximate surface area is 145 Å².